The fourth-order valence-electron chi connectivity index (χ4n) is 4.91. The molecule has 0 aromatic heterocycles. The van der Waals surface area contributed by atoms with E-state index in [2.05, 4.69) is 84.9 Å². The minimum absolute atomic E-state index is 0.158. The summed E-state index contributed by atoms with van der Waals surface area (Å²) < 4.78 is 0. The number of ketones is 1. The number of Topliss-reactive ketones (excluding diaryl/α,β-unsaturated/α-hetero) is 1. The molecule has 1 unspecified atom stereocenters. The van der Waals surface area contributed by atoms with Crippen LogP contribution in [0.4, 0.5) is 0 Å². The smallest absolute Gasteiger partial charge is 0.170 e. The number of carbonyl (C=O) groups excluding carboxylic acids is 1. The number of fused-ring (bicyclic) bond motifs is 1. The lowest BCUT2D eigenvalue weighted by molar-refractivity contribution is 0.0955. The maximum atomic E-state index is 13.6. The highest BCUT2D eigenvalue weighted by molar-refractivity contribution is 6.02. The predicted molar refractivity (Wildman–Crippen MR) is 117 cm³/mol. The highest BCUT2D eigenvalue weighted by atomic mass is 16.1. The van der Waals surface area contributed by atoms with Crippen LogP contribution in [0.1, 0.15) is 45.0 Å². The van der Waals surface area contributed by atoms with Gasteiger partial charge >= 0.3 is 0 Å². The Morgan fingerprint density at radius 2 is 1.10 bits per heavy atom. The number of benzene rings is 4. The molecule has 0 N–H and O–H groups in total. The van der Waals surface area contributed by atoms with Crippen LogP contribution in [-0.4, -0.2) is 5.78 Å². The first-order valence-electron chi connectivity index (χ1n) is 10.1. The van der Waals surface area contributed by atoms with Gasteiger partial charge in [0.2, 0.25) is 0 Å². The fourth-order valence-corrected chi connectivity index (χ4v) is 4.91. The molecular weight excluding hydrogens is 352 g/mol. The first kappa shape index (κ1) is 17.6. The summed E-state index contributed by atoms with van der Waals surface area (Å²) in [6.45, 7) is 0. The van der Waals surface area contributed by atoms with Crippen molar-refractivity contribution in [2.24, 2.45) is 0 Å². The van der Waals surface area contributed by atoms with E-state index in [9.17, 15) is 4.79 Å². The zero-order valence-electron chi connectivity index (χ0n) is 16.2. The summed E-state index contributed by atoms with van der Waals surface area (Å²) in [7, 11) is 0. The van der Waals surface area contributed by atoms with Gasteiger partial charge in [0.1, 0.15) is 0 Å². The van der Waals surface area contributed by atoms with Gasteiger partial charge in [0.25, 0.3) is 0 Å². The minimum atomic E-state index is -0.325. The summed E-state index contributed by atoms with van der Waals surface area (Å²) in [6, 6.07) is 39.4. The highest BCUT2D eigenvalue weighted by Crippen LogP contribution is 2.54. The van der Waals surface area contributed by atoms with Crippen molar-refractivity contribution in [3.8, 4) is 0 Å². The molecule has 5 rings (SSSR count). The SMILES string of the molecule is O=C(c1ccccc1)C1CC(c2ccccc2)(c2ccccc2)c2ccccc21. The van der Waals surface area contributed by atoms with Gasteiger partial charge < -0.3 is 0 Å². The van der Waals surface area contributed by atoms with Gasteiger partial charge in [0, 0.05) is 16.9 Å². The van der Waals surface area contributed by atoms with E-state index in [1.807, 2.05) is 30.3 Å². The van der Waals surface area contributed by atoms with E-state index in [1.54, 1.807) is 0 Å². The monoisotopic (exact) mass is 374 g/mol. The van der Waals surface area contributed by atoms with Gasteiger partial charge in [0.15, 0.2) is 5.78 Å². The van der Waals surface area contributed by atoms with Crippen molar-refractivity contribution in [2.45, 2.75) is 17.8 Å². The molecule has 0 radical (unpaired) electrons. The van der Waals surface area contributed by atoms with E-state index in [0.717, 1.165) is 17.5 Å². The zero-order chi connectivity index (χ0) is 19.7. The van der Waals surface area contributed by atoms with Crippen LogP contribution in [0.25, 0.3) is 0 Å². The Balaban J connectivity index is 1.74. The van der Waals surface area contributed by atoms with E-state index in [-0.39, 0.29) is 17.1 Å². The molecule has 1 aliphatic carbocycles. The highest BCUT2D eigenvalue weighted by Gasteiger charge is 2.48. The van der Waals surface area contributed by atoms with Crippen LogP contribution < -0.4 is 0 Å². The Hall–Kier alpha value is -3.45. The Morgan fingerprint density at radius 1 is 0.621 bits per heavy atom. The van der Waals surface area contributed by atoms with Gasteiger partial charge in [-0.25, -0.2) is 0 Å². The second kappa shape index (κ2) is 7.18. The molecule has 1 nitrogen and oxygen atoms in total. The molecule has 0 heterocycles. The molecule has 0 saturated heterocycles. The third-order valence-corrected chi connectivity index (χ3v) is 6.21. The van der Waals surface area contributed by atoms with Crippen molar-refractivity contribution in [1.82, 2.24) is 0 Å². The topological polar surface area (TPSA) is 17.1 Å². The third-order valence-electron chi connectivity index (χ3n) is 6.21. The van der Waals surface area contributed by atoms with E-state index in [1.165, 1.54) is 16.7 Å². The van der Waals surface area contributed by atoms with Gasteiger partial charge in [-0.2, -0.15) is 0 Å². The molecule has 4 aromatic carbocycles. The van der Waals surface area contributed by atoms with E-state index >= 15 is 0 Å². The molecule has 4 aromatic rings. The van der Waals surface area contributed by atoms with E-state index in [4.69, 9.17) is 0 Å². The molecule has 0 fully saturated rings. The molecule has 0 bridgehead atoms. The molecule has 1 heteroatoms. The van der Waals surface area contributed by atoms with Gasteiger partial charge in [-0.3, -0.25) is 4.79 Å². The lowest BCUT2D eigenvalue weighted by Gasteiger charge is -2.32. The lowest BCUT2D eigenvalue weighted by atomic mass is 9.69. The van der Waals surface area contributed by atoms with Crippen molar-refractivity contribution < 1.29 is 4.79 Å². The molecule has 0 amide bonds. The lowest BCUT2D eigenvalue weighted by Crippen LogP contribution is -2.27. The first-order valence-corrected chi connectivity index (χ1v) is 10.1. The molecular formula is C28H22O. The fraction of sp³-hybridized carbons (Fsp3) is 0.107. The second-order valence-corrected chi connectivity index (χ2v) is 7.71. The molecule has 0 spiro atoms. The van der Waals surface area contributed by atoms with Crippen LogP contribution in [0.15, 0.2) is 115 Å². The number of carbonyl (C=O) groups is 1. The van der Waals surface area contributed by atoms with Crippen LogP contribution >= 0.6 is 0 Å². The van der Waals surface area contributed by atoms with Crippen molar-refractivity contribution >= 4 is 5.78 Å². The summed E-state index contributed by atoms with van der Waals surface area (Å²) in [6.07, 6.45) is 0.744. The Labute approximate surface area is 171 Å². The van der Waals surface area contributed by atoms with E-state index in [0.29, 0.717) is 0 Å². The molecule has 0 saturated carbocycles. The number of hydrogen-bond donors (Lipinski definition) is 0. The average Bonchev–Trinajstić information content (AvgIpc) is 3.17. The first-order chi connectivity index (χ1) is 14.3. The summed E-state index contributed by atoms with van der Waals surface area (Å²) in [5.41, 5.74) is 5.32. The summed E-state index contributed by atoms with van der Waals surface area (Å²) >= 11 is 0. The van der Waals surface area contributed by atoms with Crippen molar-refractivity contribution in [1.29, 1.82) is 0 Å². The largest absolute Gasteiger partial charge is 0.293 e. The van der Waals surface area contributed by atoms with Gasteiger partial charge in [0.05, 0.1) is 0 Å². The normalized spacial score (nSPS) is 16.9. The van der Waals surface area contributed by atoms with Gasteiger partial charge in [-0.15, -0.1) is 0 Å². The zero-order valence-corrected chi connectivity index (χ0v) is 16.2. The average molecular weight is 374 g/mol. The van der Waals surface area contributed by atoms with Gasteiger partial charge in [-0.1, -0.05) is 115 Å². The van der Waals surface area contributed by atoms with Crippen LogP contribution in [0.5, 0.6) is 0 Å². The predicted octanol–water partition coefficient (Wildman–Crippen LogP) is 6.39. The summed E-state index contributed by atoms with van der Waals surface area (Å²) in [5, 5.41) is 0. The third kappa shape index (κ3) is 2.82. The standard InChI is InChI=1S/C28H22O/c29-27(21-12-4-1-5-13-21)25-20-28(22-14-6-2-7-15-22,23-16-8-3-9-17-23)26-19-11-10-18-24(25)26/h1-19,25H,20H2. The molecule has 29 heavy (non-hydrogen) atoms. The van der Waals surface area contributed by atoms with Crippen molar-refractivity contribution in [2.75, 3.05) is 0 Å². The minimum Gasteiger partial charge on any atom is -0.293 e. The van der Waals surface area contributed by atoms with Crippen LogP contribution in [0, 0.1) is 0 Å². The Kier molecular flexibility index (Phi) is 4.37. The molecule has 1 aliphatic rings. The van der Waals surface area contributed by atoms with E-state index < -0.39 is 0 Å². The van der Waals surface area contributed by atoms with Crippen LogP contribution in [-0.2, 0) is 5.41 Å². The van der Waals surface area contributed by atoms with Crippen LogP contribution in [0.2, 0.25) is 0 Å². The maximum absolute atomic E-state index is 13.6. The number of hydrogen-bond acceptors (Lipinski definition) is 1. The molecule has 1 atom stereocenters. The summed E-state index contributed by atoms with van der Waals surface area (Å²) in [4.78, 5) is 13.6. The quantitative estimate of drug-likeness (QED) is 0.378. The number of rotatable bonds is 4. The molecule has 140 valence electrons. The summed E-state index contributed by atoms with van der Waals surface area (Å²) in [5.74, 6) is 0.0424. The van der Waals surface area contributed by atoms with Gasteiger partial charge in [-0.05, 0) is 28.7 Å². The van der Waals surface area contributed by atoms with Crippen molar-refractivity contribution in [3.05, 3.63) is 143 Å². The van der Waals surface area contributed by atoms with Crippen LogP contribution in [0.3, 0.4) is 0 Å². The second-order valence-electron chi connectivity index (χ2n) is 7.71. The Morgan fingerprint density at radius 3 is 1.69 bits per heavy atom. The molecule has 0 aliphatic heterocycles. The maximum Gasteiger partial charge on any atom is 0.170 e. The van der Waals surface area contributed by atoms with Crippen molar-refractivity contribution in [3.63, 3.8) is 0 Å². The Bertz CT molecular complexity index is 1090.